The zero-order valence-corrected chi connectivity index (χ0v) is 15.0. The van der Waals surface area contributed by atoms with Crippen molar-refractivity contribution in [2.45, 2.75) is 18.4 Å². The highest BCUT2D eigenvalue weighted by Crippen LogP contribution is 2.44. The molecule has 29 heavy (non-hydrogen) atoms. The zero-order chi connectivity index (χ0) is 28.5. The number of carbonyl (C=O) groups excluding carboxylic acids is 2. The Bertz CT molecular complexity index is 1670. The summed E-state index contributed by atoms with van der Waals surface area (Å²) in [6, 6.07) is -9.08. The number of benzene rings is 2. The first-order valence-electron chi connectivity index (χ1n) is 13.8. The molecule has 2 amide bonds. The largest absolute Gasteiger partial charge is 0.454 e. The van der Waals surface area contributed by atoms with Crippen molar-refractivity contribution >= 4 is 22.7 Å². The second kappa shape index (κ2) is 5.76. The first-order valence-corrected chi connectivity index (χ1v) is 8.77. The Morgan fingerprint density at radius 3 is 2.93 bits per heavy atom. The number of aromatic nitrogens is 1. The number of hydrogen-bond donors (Lipinski definition) is 1. The lowest BCUT2D eigenvalue weighted by Crippen LogP contribution is -2.62. The number of H-pyrrole nitrogens is 1. The standard InChI is InChI=1S/C22H19N3O4/c1-24-10-19(26)25-16(22(24)27)9-14-13-4-2-3-5-15(13)23-20(14)21(25)12-6-7-17-18(8-12)29-11-28-17/h2-8,16,21,23H,9-11H2,1H3/t16-,21-/m1/s1/i2D,3D,4D,5D,6D,7D,8D,9D2,21D. The van der Waals surface area contributed by atoms with E-state index >= 15 is 0 Å². The maximum atomic E-state index is 13.5. The van der Waals surface area contributed by atoms with Crippen molar-refractivity contribution in [2.24, 2.45) is 0 Å². The molecule has 2 aromatic carbocycles. The number of fused-ring (bicyclic) bond motifs is 5. The van der Waals surface area contributed by atoms with Gasteiger partial charge in [0.05, 0.1) is 23.5 Å². The number of nitrogens with one attached hydrogen (secondary N) is 1. The molecule has 7 heteroatoms. The Morgan fingerprint density at radius 2 is 2.03 bits per heavy atom. The van der Waals surface area contributed by atoms with Gasteiger partial charge in [0.15, 0.2) is 11.5 Å². The fourth-order valence-electron chi connectivity index (χ4n) is 3.78. The number of piperazine rings is 1. The van der Waals surface area contributed by atoms with Crippen LogP contribution in [0.3, 0.4) is 0 Å². The van der Waals surface area contributed by atoms with Gasteiger partial charge in [0, 0.05) is 32.8 Å². The zero-order valence-electron chi connectivity index (χ0n) is 25.0. The van der Waals surface area contributed by atoms with Gasteiger partial charge in [0.25, 0.3) is 0 Å². The van der Waals surface area contributed by atoms with Crippen LogP contribution in [0.15, 0.2) is 42.3 Å². The first kappa shape index (κ1) is 9.35. The number of likely N-dealkylation sites (N-methyl/N-ethyl adjacent to an activating group) is 1. The number of carbonyl (C=O) groups is 2. The number of hydrogen-bond acceptors (Lipinski definition) is 4. The van der Waals surface area contributed by atoms with Crippen molar-refractivity contribution in [2.75, 3.05) is 20.4 Å². The van der Waals surface area contributed by atoms with Gasteiger partial charge in [-0.3, -0.25) is 9.59 Å². The van der Waals surface area contributed by atoms with Crippen molar-refractivity contribution in [3.8, 4) is 11.5 Å². The number of para-hydroxylation sites is 1. The normalized spacial score (nSPS) is 32.0. The van der Waals surface area contributed by atoms with E-state index in [9.17, 15) is 11.0 Å². The molecule has 3 aromatic rings. The minimum Gasteiger partial charge on any atom is -0.454 e. The van der Waals surface area contributed by atoms with E-state index in [2.05, 4.69) is 4.98 Å². The van der Waals surface area contributed by atoms with E-state index in [1.54, 1.807) is 0 Å². The van der Waals surface area contributed by atoms with Crippen LogP contribution >= 0.6 is 0 Å². The molecule has 2 atom stereocenters. The van der Waals surface area contributed by atoms with E-state index in [0.29, 0.717) is 4.90 Å². The summed E-state index contributed by atoms with van der Waals surface area (Å²) in [7, 11) is 1.28. The summed E-state index contributed by atoms with van der Waals surface area (Å²) < 4.78 is 97.5. The van der Waals surface area contributed by atoms with Crippen molar-refractivity contribution in [3.63, 3.8) is 0 Å². The molecule has 0 unspecified atom stereocenters. The topological polar surface area (TPSA) is 74.9 Å². The van der Waals surface area contributed by atoms with Crippen molar-refractivity contribution in [1.29, 1.82) is 0 Å². The summed E-state index contributed by atoms with van der Waals surface area (Å²) in [5, 5.41) is -0.323. The molecule has 0 spiro atoms. The van der Waals surface area contributed by atoms with Crippen molar-refractivity contribution < 1.29 is 32.8 Å². The Morgan fingerprint density at radius 1 is 1.21 bits per heavy atom. The molecule has 0 radical (unpaired) electrons. The SMILES string of the molecule is [2H]c1c([2H])c([C@]2([2H])c3[nH]c4c([2H])c([2H])c([2H])c([2H])c4c3C([2H])([2H])[C@@H]3C(=O)N(C)CC(=O)N32)c([2H])c2c1OCO2. The fourth-order valence-corrected chi connectivity index (χ4v) is 3.78. The molecule has 4 heterocycles. The van der Waals surface area contributed by atoms with Gasteiger partial charge in [-0.25, -0.2) is 0 Å². The molecule has 7 nitrogen and oxygen atoms in total. The molecule has 1 N–H and O–H groups in total. The van der Waals surface area contributed by atoms with Gasteiger partial charge < -0.3 is 24.3 Å². The smallest absolute Gasteiger partial charge is 0.245 e. The van der Waals surface area contributed by atoms with Gasteiger partial charge >= 0.3 is 0 Å². The van der Waals surface area contributed by atoms with Gasteiger partial charge in [0.1, 0.15) is 6.04 Å². The van der Waals surface area contributed by atoms with Crippen molar-refractivity contribution in [3.05, 3.63) is 59.1 Å². The fraction of sp³-hybridized carbons (Fsp3) is 0.273. The lowest BCUT2D eigenvalue weighted by Gasteiger charge is -2.46. The predicted octanol–water partition coefficient (Wildman–Crippen LogP) is 2.21. The van der Waals surface area contributed by atoms with E-state index in [1.165, 1.54) is 7.05 Å². The van der Waals surface area contributed by atoms with E-state index in [-0.39, 0.29) is 29.2 Å². The van der Waals surface area contributed by atoms with E-state index in [0.717, 1.165) is 4.90 Å². The highest BCUT2D eigenvalue weighted by molar-refractivity contribution is 5.97. The molecule has 146 valence electrons. The van der Waals surface area contributed by atoms with Crippen molar-refractivity contribution in [1.82, 2.24) is 14.8 Å². The molecule has 0 bridgehead atoms. The molecular formula is C22H19N3O4. The first-order chi connectivity index (χ1) is 18.2. The molecule has 0 aliphatic carbocycles. The Hall–Kier alpha value is -3.48. The summed E-state index contributed by atoms with van der Waals surface area (Å²) >= 11 is 0. The van der Waals surface area contributed by atoms with Crippen LogP contribution in [0.5, 0.6) is 11.5 Å². The average molecular weight is 399 g/mol. The highest BCUT2D eigenvalue weighted by Gasteiger charge is 2.47. The number of nitrogens with zero attached hydrogens (tertiary/aromatic N) is 2. The second-order valence-electron chi connectivity index (χ2n) is 6.79. The predicted molar refractivity (Wildman–Crippen MR) is 105 cm³/mol. The lowest BCUT2D eigenvalue weighted by molar-refractivity contribution is -0.157. The maximum Gasteiger partial charge on any atom is 0.245 e. The third kappa shape index (κ3) is 2.24. The van der Waals surface area contributed by atoms with Crippen LogP contribution in [-0.2, 0) is 16.0 Å². The third-order valence-corrected chi connectivity index (χ3v) is 5.09. The minimum atomic E-state index is -2.78. The molecule has 1 aromatic heterocycles. The van der Waals surface area contributed by atoms with E-state index in [4.69, 9.17) is 21.8 Å². The summed E-state index contributed by atoms with van der Waals surface area (Å²) in [5.74, 6) is -2.25. The molecule has 3 aliphatic heterocycles. The van der Waals surface area contributed by atoms with Crippen LogP contribution in [0.2, 0.25) is 0 Å². The number of rotatable bonds is 1. The minimum absolute atomic E-state index is 0.211. The molecule has 3 aliphatic rings. The third-order valence-electron chi connectivity index (χ3n) is 5.09. The Kier molecular flexibility index (Phi) is 1.86. The summed E-state index contributed by atoms with van der Waals surface area (Å²) in [4.78, 5) is 31.3. The van der Waals surface area contributed by atoms with Gasteiger partial charge in [-0.15, -0.1) is 0 Å². The van der Waals surface area contributed by atoms with Gasteiger partial charge in [0.2, 0.25) is 18.6 Å². The molecule has 6 rings (SSSR count). The van der Waals surface area contributed by atoms with Crippen LogP contribution in [0.1, 0.15) is 36.5 Å². The quantitative estimate of drug-likeness (QED) is 0.681. The molecule has 0 saturated carbocycles. The monoisotopic (exact) mass is 399 g/mol. The number of ether oxygens (including phenoxy) is 2. The van der Waals surface area contributed by atoms with Gasteiger partial charge in [-0.2, -0.15) is 0 Å². The van der Waals surface area contributed by atoms with Gasteiger partial charge in [-0.05, 0) is 29.3 Å². The Labute approximate surface area is 180 Å². The summed E-state index contributed by atoms with van der Waals surface area (Å²) in [5.41, 5.74) is -1.78. The summed E-state index contributed by atoms with van der Waals surface area (Å²) in [6.07, 6.45) is -2.78. The number of aromatic amines is 1. The molecule has 1 saturated heterocycles. The average Bonchev–Trinajstić information content (AvgIpc) is 3.53. The van der Waals surface area contributed by atoms with Crippen LogP contribution in [-0.4, -0.2) is 53.0 Å². The van der Waals surface area contributed by atoms with E-state index in [1.807, 2.05) is 0 Å². The van der Waals surface area contributed by atoms with Gasteiger partial charge in [-0.1, -0.05) is 24.2 Å². The summed E-state index contributed by atoms with van der Waals surface area (Å²) in [6.45, 7) is -0.902. The molecule has 1 fully saturated rings. The van der Waals surface area contributed by atoms with Crippen LogP contribution in [0, 0.1) is 0 Å². The number of amides is 2. The highest BCUT2D eigenvalue weighted by atomic mass is 16.7. The van der Waals surface area contributed by atoms with E-state index < -0.39 is 95.9 Å². The van der Waals surface area contributed by atoms with Crippen LogP contribution in [0.4, 0.5) is 0 Å². The lowest BCUT2D eigenvalue weighted by atomic mass is 9.86. The van der Waals surface area contributed by atoms with Crippen LogP contribution < -0.4 is 9.47 Å². The molecular weight excluding hydrogens is 370 g/mol. The van der Waals surface area contributed by atoms with Crippen LogP contribution in [0.25, 0.3) is 10.9 Å². The maximum absolute atomic E-state index is 13.5. The second-order valence-corrected chi connectivity index (χ2v) is 6.79. The Balaban J connectivity index is 1.84.